The molecule has 0 saturated carbocycles. The SMILES string of the molecule is O=C(NC(=S)Nc1ccc(OCc2ccccc2)cc1)c1cc2ccnc(Cl)c2o1. The third-order valence-corrected chi connectivity index (χ3v) is 4.67. The Morgan fingerprint density at radius 3 is 2.60 bits per heavy atom. The normalized spacial score (nSPS) is 10.6. The first kappa shape index (κ1) is 19.9. The van der Waals surface area contributed by atoms with E-state index in [0.717, 1.165) is 11.3 Å². The molecule has 0 radical (unpaired) electrons. The van der Waals surface area contributed by atoms with Crippen LogP contribution >= 0.6 is 23.8 Å². The lowest BCUT2D eigenvalue weighted by Gasteiger charge is -2.10. The van der Waals surface area contributed by atoms with Crippen molar-refractivity contribution in [1.82, 2.24) is 10.3 Å². The summed E-state index contributed by atoms with van der Waals surface area (Å²) in [5.41, 5.74) is 2.16. The van der Waals surface area contributed by atoms with Gasteiger partial charge in [0.1, 0.15) is 12.4 Å². The second-order valence-corrected chi connectivity index (χ2v) is 7.10. The molecule has 150 valence electrons. The van der Waals surface area contributed by atoms with Crippen molar-refractivity contribution in [3.63, 3.8) is 0 Å². The number of hydrogen-bond donors (Lipinski definition) is 2. The molecule has 4 aromatic rings. The van der Waals surface area contributed by atoms with E-state index in [2.05, 4.69) is 15.6 Å². The van der Waals surface area contributed by atoms with E-state index in [1.807, 2.05) is 54.6 Å². The molecule has 0 aliphatic heterocycles. The Balaban J connectivity index is 1.33. The van der Waals surface area contributed by atoms with E-state index < -0.39 is 5.91 Å². The highest BCUT2D eigenvalue weighted by atomic mass is 35.5. The number of fused-ring (bicyclic) bond motifs is 1. The van der Waals surface area contributed by atoms with E-state index in [0.29, 0.717) is 23.3 Å². The molecule has 0 aliphatic rings. The van der Waals surface area contributed by atoms with Gasteiger partial charge in [0, 0.05) is 17.3 Å². The number of ether oxygens (including phenoxy) is 1. The summed E-state index contributed by atoms with van der Waals surface area (Å²) in [7, 11) is 0. The van der Waals surface area contributed by atoms with E-state index in [1.54, 1.807) is 18.3 Å². The Bertz CT molecular complexity index is 1190. The first-order valence-corrected chi connectivity index (χ1v) is 9.80. The molecule has 0 aliphatic carbocycles. The van der Waals surface area contributed by atoms with Gasteiger partial charge in [0.2, 0.25) is 0 Å². The van der Waals surface area contributed by atoms with Gasteiger partial charge in [0.15, 0.2) is 21.6 Å². The number of pyridine rings is 1. The molecule has 0 fully saturated rings. The smallest absolute Gasteiger partial charge is 0.293 e. The summed E-state index contributed by atoms with van der Waals surface area (Å²) < 4.78 is 11.2. The average molecular weight is 438 g/mol. The van der Waals surface area contributed by atoms with Gasteiger partial charge in [0.05, 0.1) is 0 Å². The van der Waals surface area contributed by atoms with Crippen LogP contribution in [0.4, 0.5) is 5.69 Å². The molecular formula is C22H16ClN3O3S. The van der Waals surface area contributed by atoms with Crippen molar-refractivity contribution in [1.29, 1.82) is 0 Å². The van der Waals surface area contributed by atoms with E-state index in [9.17, 15) is 4.79 Å². The number of carbonyl (C=O) groups excluding carboxylic acids is 1. The van der Waals surface area contributed by atoms with Crippen LogP contribution in [0.15, 0.2) is 77.3 Å². The Hall–Kier alpha value is -3.42. The number of nitrogens with one attached hydrogen (secondary N) is 2. The van der Waals surface area contributed by atoms with Gasteiger partial charge in [0.25, 0.3) is 5.91 Å². The van der Waals surface area contributed by atoms with Crippen LogP contribution in [0.1, 0.15) is 16.1 Å². The minimum absolute atomic E-state index is 0.0914. The van der Waals surface area contributed by atoms with Crippen LogP contribution in [0.5, 0.6) is 5.75 Å². The molecule has 1 amide bonds. The number of rotatable bonds is 5. The lowest BCUT2D eigenvalue weighted by Crippen LogP contribution is -2.33. The number of amides is 1. The lowest BCUT2D eigenvalue weighted by molar-refractivity contribution is 0.0953. The van der Waals surface area contributed by atoms with Crippen molar-refractivity contribution < 1.29 is 13.9 Å². The van der Waals surface area contributed by atoms with Crippen LogP contribution in [-0.2, 0) is 6.61 Å². The third-order valence-electron chi connectivity index (χ3n) is 4.20. The van der Waals surface area contributed by atoms with E-state index in [1.165, 1.54) is 0 Å². The van der Waals surface area contributed by atoms with Gasteiger partial charge in [-0.25, -0.2) is 4.98 Å². The molecule has 0 atom stereocenters. The van der Waals surface area contributed by atoms with Crippen molar-refractivity contribution in [3.8, 4) is 5.75 Å². The highest BCUT2D eigenvalue weighted by Gasteiger charge is 2.15. The topological polar surface area (TPSA) is 76.4 Å². The summed E-state index contributed by atoms with van der Waals surface area (Å²) in [6.07, 6.45) is 1.54. The fraction of sp³-hybridized carbons (Fsp3) is 0.0455. The van der Waals surface area contributed by atoms with Crippen LogP contribution < -0.4 is 15.4 Å². The zero-order chi connectivity index (χ0) is 20.9. The standard InChI is InChI=1S/C22H16ClN3O3S/c23-20-19-15(10-11-24-20)12-18(29-19)21(27)26-22(30)25-16-6-8-17(9-7-16)28-13-14-4-2-1-3-5-14/h1-12H,13H2,(H2,25,26,27,30). The van der Waals surface area contributed by atoms with Crippen LogP contribution in [0.25, 0.3) is 11.0 Å². The predicted molar refractivity (Wildman–Crippen MR) is 120 cm³/mol. The van der Waals surface area contributed by atoms with Gasteiger partial charge in [-0.15, -0.1) is 0 Å². The number of nitrogens with zero attached hydrogens (tertiary/aromatic N) is 1. The molecule has 0 saturated heterocycles. The Morgan fingerprint density at radius 2 is 1.87 bits per heavy atom. The summed E-state index contributed by atoms with van der Waals surface area (Å²) in [4.78, 5) is 16.3. The molecule has 0 bridgehead atoms. The lowest BCUT2D eigenvalue weighted by atomic mass is 10.2. The zero-order valence-corrected chi connectivity index (χ0v) is 17.2. The van der Waals surface area contributed by atoms with Gasteiger partial charge in [-0.1, -0.05) is 41.9 Å². The summed E-state index contributed by atoms with van der Waals surface area (Å²) in [6.45, 7) is 0.485. The van der Waals surface area contributed by atoms with Crippen molar-refractivity contribution in [3.05, 3.63) is 89.4 Å². The van der Waals surface area contributed by atoms with Crippen LogP contribution in [0.2, 0.25) is 5.15 Å². The Labute approximate surface area is 182 Å². The van der Waals surface area contributed by atoms with E-state index >= 15 is 0 Å². The minimum Gasteiger partial charge on any atom is -0.489 e. The first-order chi connectivity index (χ1) is 14.6. The van der Waals surface area contributed by atoms with Crippen molar-refractivity contribution in [2.45, 2.75) is 6.61 Å². The van der Waals surface area contributed by atoms with Crippen molar-refractivity contribution in [2.75, 3.05) is 5.32 Å². The zero-order valence-electron chi connectivity index (χ0n) is 15.6. The number of benzene rings is 2. The molecule has 2 aromatic carbocycles. The van der Waals surface area contributed by atoms with Gasteiger partial charge < -0.3 is 14.5 Å². The van der Waals surface area contributed by atoms with Crippen LogP contribution in [-0.4, -0.2) is 16.0 Å². The molecule has 8 heteroatoms. The van der Waals surface area contributed by atoms with Gasteiger partial charge in [-0.3, -0.25) is 10.1 Å². The number of hydrogen-bond acceptors (Lipinski definition) is 5. The summed E-state index contributed by atoms with van der Waals surface area (Å²) >= 11 is 11.2. The summed E-state index contributed by atoms with van der Waals surface area (Å²) in [6, 6.07) is 20.5. The molecule has 2 aromatic heterocycles. The average Bonchev–Trinajstić information content (AvgIpc) is 3.20. The highest BCUT2D eigenvalue weighted by molar-refractivity contribution is 7.80. The monoisotopic (exact) mass is 437 g/mol. The maximum absolute atomic E-state index is 12.4. The first-order valence-electron chi connectivity index (χ1n) is 9.02. The van der Waals surface area contributed by atoms with Crippen LogP contribution in [0, 0.1) is 0 Å². The molecule has 2 heterocycles. The number of carbonyl (C=O) groups is 1. The Morgan fingerprint density at radius 1 is 1.10 bits per heavy atom. The fourth-order valence-corrected chi connectivity index (χ4v) is 3.16. The molecule has 0 spiro atoms. The number of anilines is 1. The summed E-state index contributed by atoms with van der Waals surface area (Å²) in [5, 5.41) is 6.55. The number of aromatic nitrogens is 1. The maximum atomic E-state index is 12.4. The van der Waals surface area contributed by atoms with Crippen LogP contribution in [0.3, 0.4) is 0 Å². The molecule has 4 rings (SSSR count). The van der Waals surface area contributed by atoms with Gasteiger partial charge in [-0.2, -0.15) is 0 Å². The number of thiocarbonyl (C=S) groups is 1. The van der Waals surface area contributed by atoms with Crippen molar-refractivity contribution >= 4 is 51.5 Å². The largest absolute Gasteiger partial charge is 0.489 e. The second kappa shape index (κ2) is 8.94. The number of furan rings is 1. The van der Waals surface area contributed by atoms with Gasteiger partial charge >= 0.3 is 0 Å². The highest BCUT2D eigenvalue weighted by Crippen LogP contribution is 2.24. The predicted octanol–water partition coefficient (Wildman–Crippen LogP) is 5.19. The molecular weight excluding hydrogens is 422 g/mol. The molecule has 30 heavy (non-hydrogen) atoms. The Kier molecular flexibility index (Phi) is 5.92. The quantitative estimate of drug-likeness (QED) is 0.330. The van der Waals surface area contributed by atoms with Gasteiger partial charge in [-0.05, 0) is 54.2 Å². The fourth-order valence-electron chi connectivity index (χ4n) is 2.75. The third kappa shape index (κ3) is 4.76. The molecule has 6 nitrogen and oxygen atoms in total. The summed E-state index contributed by atoms with van der Waals surface area (Å²) in [5.74, 6) is 0.336. The minimum atomic E-state index is -0.484. The molecule has 2 N–H and O–H groups in total. The van der Waals surface area contributed by atoms with E-state index in [-0.39, 0.29) is 16.0 Å². The van der Waals surface area contributed by atoms with E-state index in [4.69, 9.17) is 33.0 Å². The second-order valence-electron chi connectivity index (χ2n) is 6.34. The molecule has 0 unspecified atom stereocenters. The van der Waals surface area contributed by atoms with Crippen molar-refractivity contribution in [2.24, 2.45) is 0 Å². The maximum Gasteiger partial charge on any atom is 0.293 e. The number of halogens is 1.